The van der Waals surface area contributed by atoms with Crippen LogP contribution in [0.5, 0.6) is 0 Å². The first-order chi connectivity index (χ1) is 16.4. The average molecular weight is 465 g/mol. The molecule has 2 heterocycles. The number of carbonyl (C=O) groups excluding carboxylic acids is 4. The lowest BCUT2D eigenvalue weighted by Gasteiger charge is -2.33. The van der Waals surface area contributed by atoms with Crippen molar-refractivity contribution in [2.24, 2.45) is 5.92 Å². The highest BCUT2D eigenvalue weighted by atomic mass is 16.5. The molecule has 1 saturated heterocycles. The number of hydrogen-bond donors (Lipinski definition) is 2. The van der Waals surface area contributed by atoms with Crippen molar-refractivity contribution >= 4 is 34.7 Å². The van der Waals surface area contributed by atoms with Gasteiger partial charge in [-0.15, -0.1) is 0 Å². The van der Waals surface area contributed by atoms with Crippen molar-refractivity contribution in [1.82, 2.24) is 20.7 Å². The summed E-state index contributed by atoms with van der Waals surface area (Å²) in [5.74, 6) is -1.32. The van der Waals surface area contributed by atoms with Gasteiger partial charge in [-0.2, -0.15) is 5.01 Å². The van der Waals surface area contributed by atoms with Crippen molar-refractivity contribution in [1.29, 1.82) is 0 Å². The summed E-state index contributed by atoms with van der Waals surface area (Å²) in [5.41, 5.74) is 4.28. The number of carbonyl (C=O) groups is 4. The van der Waals surface area contributed by atoms with Gasteiger partial charge in [0.1, 0.15) is 5.54 Å². The smallest absolute Gasteiger partial charge is 0.344 e. The van der Waals surface area contributed by atoms with Gasteiger partial charge >= 0.3 is 12.0 Å². The number of nitrogens with zero attached hydrogens (tertiary/aromatic N) is 2. The summed E-state index contributed by atoms with van der Waals surface area (Å²) in [4.78, 5) is 55.6. The van der Waals surface area contributed by atoms with Crippen LogP contribution in [0.1, 0.15) is 67.1 Å². The molecule has 2 N–H and O–H groups in total. The van der Waals surface area contributed by atoms with E-state index in [-0.39, 0.29) is 0 Å². The number of fused-ring (bicyclic) bond motifs is 2. The number of urea groups is 1. The van der Waals surface area contributed by atoms with Crippen LogP contribution in [0.25, 0.3) is 10.9 Å². The maximum absolute atomic E-state index is 13.1. The Labute approximate surface area is 197 Å². The lowest BCUT2D eigenvalue weighted by atomic mass is 9.77. The molecule has 1 aliphatic heterocycles. The number of pyridine rings is 1. The lowest BCUT2D eigenvalue weighted by Crippen LogP contribution is -2.52. The van der Waals surface area contributed by atoms with E-state index in [2.05, 4.69) is 17.7 Å². The van der Waals surface area contributed by atoms with E-state index in [1.54, 1.807) is 0 Å². The number of hydrogen-bond acceptors (Lipinski definition) is 6. The van der Waals surface area contributed by atoms with E-state index in [1.807, 2.05) is 24.3 Å². The van der Waals surface area contributed by atoms with Crippen molar-refractivity contribution in [2.45, 2.75) is 63.8 Å². The van der Waals surface area contributed by atoms with Crippen molar-refractivity contribution < 1.29 is 23.9 Å². The third kappa shape index (κ3) is 3.89. The van der Waals surface area contributed by atoms with Crippen LogP contribution in [0.15, 0.2) is 24.3 Å². The fraction of sp³-hybridized carbons (Fsp3) is 0.480. The van der Waals surface area contributed by atoms with Gasteiger partial charge in [0.05, 0.1) is 11.1 Å². The maximum atomic E-state index is 13.1. The molecule has 9 heteroatoms. The first-order valence-electron chi connectivity index (χ1n) is 11.9. The molecule has 178 valence electrons. The van der Waals surface area contributed by atoms with Crippen LogP contribution >= 0.6 is 0 Å². The highest BCUT2D eigenvalue weighted by molar-refractivity contribution is 6.08. The van der Waals surface area contributed by atoms with Gasteiger partial charge in [0.25, 0.3) is 11.8 Å². The fourth-order valence-corrected chi connectivity index (χ4v) is 5.28. The van der Waals surface area contributed by atoms with Gasteiger partial charge in [0.2, 0.25) is 0 Å². The Morgan fingerprint density at radius 1 is 1.18 bits per heavy atom. The fourth-order valence-electron chi connectivity index (χ4n) is 5.28. The normalized spacial score (nSPS) is 24.1. The van der Waals surface area contributed by atoms with E-state index in [4.69, 9.17) is 9.72 Å². The molecule has 9 nitrogen and oxygen atoms in total. The third-order valence-corrected chi connectivity index (χ3v) is 7.23. The quantitative estimate of drug-likeness (QED) is 0.531. The zero-order valence-electron chi connectivity index (χ0n) is 19.2. The molecule has 5 rings (SSSR count). The number of amides is 4. The van der Waals surface area contributed by atoms with Gasteiger partial charge in [-0.25, -0.2) is 9.59 Å². The Hall–Kier alpha value is -3.49. The molecule has 1 aromatic heterocycles. The molecule has 1 aromatic carbocycles. The van der Waals surface area contributed by atoms with Gasteiger partial charge < -0.3 is 10.1 Å². The number of imide groups is 1. The van der Waals surface area contributed by atoms with Crippen molar-refractivity contribution in [3.05, 3.63) is 41.1 Å². The molecule has 2 fully saturated rings. The first kappa shape index (κ1) is 22.3. The number of nitrogens with one attached hydrogen (secondary N) is 2. The van der Waals surface area contributed by atoms with Gasteiger partial charge in [0.15, 0.2) is 6.61 Å². The molecule has 4 amide bonds. The Morgan fingerprint density at radius 3 is 2.71 bits per heavy atom. The summed E-state index contributed by atoms with van der Waals surface area (Å²) in [5, 5.41) is 4.16. The monoisotopic (exact) mass is 464 g/mol. The van der Waals surface area contributed by atoms with Crippen molar-refractivity contribution in [2.75, 3.05) is 6.61 Å². The van der Waals surface area contributed by atoms with Crippen LogP contribution in [-0.4, -0.2) is 46.0 Å². The van der Waals surface area contributed by atoms with Crippen LogP contribution in [0.3, 0.4) is 0 Å². The first-order valence-corrected chi connectivity index (χ1v) is 11.9. The van der Waals surface area contributed by atoms with Crippen LogP contribution in [0, 0.1) is 5.92 Å². The van der Waals surface area contributed by atoms with Gasteiger partial charge in [-0.1, -0.05) is 25.1 Å². The predicted octanol–water partition coefficient (Wildman–Crippen LogP) is 2.80. The minimum Gasteiger partial charge on any atom is -0.452 e. The molecule has 0 radical (unpaired) electrons. The number of esters is 1. The van der Waals surface area contributed by atoms with Crippen molar-refractivity contribution in [3.8, 4) is 0 Å². The van der Waals surface area contributed by atoms with Gasteiger partial charge in [0, 0.05) is 11.1 Å². The summed E-state index contributed by atoms with van der Waals surface area (Å²) in [7, 11) is 0. The van der Waals surface area contributed by atoms with E-state index in [1.165, 1.54) is 0 Å². The summed E-state index contributed by atoms with van der Waals surface area (Å²) in [6.07, 6.45) is 6.24. The number of aromatic nitrogens is 1. The highest BCUT2D eigenvalue weighted by Gasteiger charge is 2.52. The number of aryl methyl sites for hydroxylation is 1. The predicted molar refractivity (Wildman–Crippen MR) is 123 cm³/mol. The SMILES string of the molecule is CC1CCC2(CC1)NC(=O)N(NC(=O)COC(=O)c1c3c(nc4ccccc14)CCCC3)C2=O. The molecule has 1 saturated carbocycles. The van der Waals surface area contributed by atoms with E-state index >= 15 is 0 Å². The Balaban J connectivity index is 1.28. The van der Waals surface area contributed by atoms with E-state index in [0.717, 1.165) is 54.8 Å². The average Bonchev–Trinajstić information content (AvgIpc) is 3.07. The molecule has 0 atom stereocenters. The van der Waals surface area contributed by atoms with Crippen LogP contribution in [-0.2, 0) is 27.2 Å². The summed E-state index contributed by atoms with van der Waals surface area (Å²) in [6, 6.07) is 6.72. The molecule has 34 heavy (non-hydrogen) atoms. The van der Waals surface area contributed by atoms with Crippen LogP contribution in [0.2, 0.25) is 0 Å². The molecule has 0 unspecified atom stereocenters. The highest BCUT2D eigenvalue weighted by Crippen LogP contribution is 2.36. The minimum atomic E-state index is -0.956. The Bertz CT molecular complexity index is 1190. The molecule has 0 bridgehead atoms. The summed E-state index contributed by atoms with van der Waals surface area (Å²) in [6.45, 7) is 1.51. The van der Waals surface area contributed by atoms with E-state index < -0.39 is 36.0 Å². The minimum absolute atomic E-state index is 0.443. The number of rotatable bonds is 4. The second-order valence-corrected chi connectivity index (χ2v) is 9.58. The zero-order chi connectivity index (χ0) is 23.9. The Kier molecular flexibility index (Phi) is 5.71. The standard InChI is InChI=1S/C25H28N4O5/c1-15-10-12-25(13-11-15)23(32)29(24(33)27-25)28-20(30)14-34-22(31)21-16-6-2-4-8-18(16)26-19-9-5-3-7-17(19)21/h2,4,6,8,15H,3,5,7,9-14H2,1H3,(H,27,33)(H,28,30). The molecule has 2 aromatic rings. The van der Waals surface area contributed by atoms with Crippen molar-refractivity contribution in [3.63, 3.8) is 0 Å². The second kappa shape index (κ2) is 8.70. The number of benzene rings is 1. The lowest BCUT2D eigenvalue weighted by molar-refractivity contribution is -0.141. The molecular weight excluding hydrogens is 436 g/mol. The molecule has 1 spiro atoms. The summed E-state index contributed by atoms with van der Waals surface area (Å²) >= 11 is 0. The third-order valence-electron chi connectivity index (χ3n) is 7.23. The second-order valence-electron chi connectivity index (χ2n) is 9.58. The van der Waals surface area contributed by atoms with E-state index in [9.17, 15) is 19.2 Å². The summed E-state index contributed by atoms with van der Waals surface area (Å²) < 4.78 is 5.35. The Morgan fingerprint density at radius 2 is 1.91 bits per heavy atom. The van der Waals surface area contributed by atoms with E-state index in [0.29, 0.717) is 35.2 Å². The maximum Gasteiger partial charge on any atom is 0.344 e. The largest absolute Gasteiger partial charge is 0.452 e. The van der Waals surface area contributed by atoms with Crippen LogP contribution < -0.4 is 10.7 Å². The van der Waals surface area contributed by atoms with Gasteiger partial charge in [-0.3, -0.25) is 20.0 Å². The number of para-hydroxylation sites is 1. The van der Waals surface area contributed by atoms with Gasteiger partial charge in [-0.05, 0) is 68.9 Å². The number of hydrazine groups is 1. The van der Waals surface area contributed by atoms with Crippen LogP contribution in [0.4, 0.5) is 4.79 Å². The number of ether oxygens (including phenoxy) is 1. The topological polar surface area (TPSA) is 118 Å². The zero-order valence-corrected chi connectivity index (χ0v) is 19.2. The molecule has 2 aliphatic carbocycles. The molecular formula is C25H28N4O5. The molecule has 3 aliphatic rings.